The second-order valence-corrected chi connectivity index (χ2v) is 7.69. The summed E-state index contributed by atoms with van der Waals surface area (Å²) in [6, 6.07) is 1.61. The fraction of sp³-hybridized carbons (Fsp3) is 0.875. The van der Waals surface area contributed by atoms with Crippen LogP contribution in [-0.4, -0.2) is 17.8 Å². The second-order valence-electron chi connectivity index (χ2n) is 6.67. The molecule has 1 aliphatic heterocycles. The maximum Gasteiger partial charge on any atom is 0.0229 e. The third-order valence-electron chi connectivity index (χ3n) is 3.33. The molecule has 1 nitrogen and oxygen atoms in total. The van der Waals surface area contributed by atoms with Crippen LogP contribution in [0.4, 0.5) is 0 Å². The van der Waals surface area contributed by atoms with Gasteiger partial charge in [0.2, 0.25) is 0 Å². The molecule has 18 heavy (non-hydrogen) atoms. The lowest BCUT2D eigenvalue weighted by Crippen LogP contribution is -2.10. The first kappa shape index (κ1) is 16.1. The van der Waals surface area contributed by atoms with Crippen molar-refractivity contribution in [1.82, 2.24) is 5.32 Å². The van der Waals surface area contributed by atoms with Gasteiger partial charge < -0.3 is 5.32 Å². The molecule has 0 aromatic carbocycles. The van der Waals surface area contributed by atoms with Crippen molar-refractivity contribution in [2.75, 3.05) is 5.75 Å². The van der Waals surface area contributed by atoms with Gasteiger partial charge in [0.05, 0.1) is 0 Å². The number of rotatable bonds is 9. The SMILES string of the molecule is CCCCS/C=C\CCCC1NC1CC(C)(C)C. The first-order valence-corrected chi connectivity index (χ1v) is 8.60. The highest BCUT2D eigenvalue weighted by Gasteiger charge is 2.37. The molecule has 0 aromatic heterocycles. The van der Waals surface area contributed by atoms with Crippen molar-refractivity contribution in [3.05, 3.63) is 11.5 Å². The van der Waals surface area contributed by atoms with Crippen LogP contribution in [0.3, 0.4) is 0 Å². The molecule has 1 rings (SSSR count). The van der Waals surface area contributed by atoms with E-state index in [4.69, 9.17) is 0 Å². The molecule has 0 aromatic rings. The van der Waals surface area contributed by atoms with Crippen molar-refractivity contribution in [2.45, 2.75) is 78.3 Å². The summed E-state index contributed by atoms with van der Waals surface area (Å²) in [4.78, 5) is 0. The molecule has 2 atom stereocenters. The van der Waals surface area contributed by atoms with Crippen LogP contribution in [-0.2, 0) is 0 Å². The molecule has 2 heteroatoms. The molecule has 2 unspecified atom stereocenters. The third-order valence-corrected chi connectivity index (χ3v) is 4.24. The van der Waals surface area contributed by atoms with Gasteiger partial charge in [-0.1, -0.05) is 40.2 Å². The Kier molecular flexibility index (Phi) is 7.40. The Morgan fingerprint density at radius 2 is 1.94 bits per heavy atom. The van der Waals surface area contributed by atoms with E-state index in [1.165, 1.54) is 44.3 Å². The Morgan fingerprint density at radius 3 is 2.61 bits per heavy atom. The summed E-state index contributed by atoms with van der Waals surface area (Å²) in [7, 11) is 0. The van der Waals surface area contributed by atoms with Gasteiger partial charge in [0.1, 0.15) is 0 Å². The Bertz CT molecular complexity index is 242. The fourth-order valence-corrected chi connectivity index (χ4v) is 3.12. The summed E-state index contributed by atoms with van der Waals surface area (Å²) in [5.41, 5.74) is 0.474. The highest BCUT2D eigenvalue weighted by Crippen LogP contribution is 2.30. The molecule has 1 fully saturated rings. The van der Waals surface area contributed by atoms with E-state index in [1.54, 1.807) is 0 Å². The standard InChI is InChI=1S/C16H31NS/c1-5-6-11-18-12-9-7-8-10-14-15(17-14)13-16(2,3)4/h9,12,14-15,17H,5-8,10-11,13H2,1-4H3/b12-9-. The van der Waals surface area contributed by atoms with E-state index in [2.05, 4.69) is 44.5 Å². The van der Waals surface area contributed by atoms with E-state index in [-0.39, 0.29) is 0 Å². The topological polar surface area (TPSA) is 21.9 Å². The van der Waals surface area contributed by atoms with Crippen LogP contribution < -0.4 is 5.32 Å². The van der Waals surface area contributed by atoms with Crippen LogP contribution in [0.25, 0.3) is 0 Å². The zero-order valence-electron chi connectivity index (χ0n) is 12.7. The Labute approximate surface area is 118 Å². The van der Waals surface area contributed by atoms with Crippen molar-refractivity contribution >= 4 is 11.8 Å². The number of nitrogens with one attached hydrogen (secondary N) is 1. The van der Waals surface area contributed by atoms with Gasteiger partial charge in [0.15, 0.2) is 0 Å². The van der Waals surface area contributed by atoms with Gasteiger partial charge in [-0.05, 0) is 48.7 Å². The van der Waals surface area contributed by atoms with Crippen LogP contribution in [0.2, 0.25) is 0 Å². The summed E-state index contributed by atoms with van der Waals surface area (Å²) < 4.78 is 0. The van der Waals surface area contributed by atoms with Crippen LogP contribution in [0.1, 0.15) is 66.2 Å². The van der Waals surface area contributed by atoms with Crippen LogP contribution in [0.15, 0.2) is 11.5 Å². The molecule has 1 aliphatic rings. The summed E-state index contributed by atoms with van der Waals surface area (Å²) in [5, 5.41) is 5.91. The van der Waals surface area contributed by atoms with Gasteiger partial charge in [-0.3, -0.25) is 0 Å². The molecule has 0 amide bonds. The van der Waals surface area contributed by atoms with Crippen molar-refractivity contribution in [1.29, 1.82) is 0 Å². The molecular weight excluding hydrogens is 238 g/mol. The summed E-state index contributed by atoms with van der Waals surface area (Å²) in [6.45, 7) is 9.25. The van der Waals surface area contributed by atoms with Crippen molar-refractivity contribution in [3.63, 3.8) is 0 Å². The zero-order valence-corrected chi connectivity index (χ0v) is 13.5. The van der Waals surface area contributed by atoms with Crippen molar-refractivity contribution in [2.24, 2.45) is 5.41 Å². The van der Waals surface area contributed by atoms with Gasteiger partial charge in [-0.15, -0.1) is 11.8 Å². The monoisotopic (exact) mass is 269 g/mol. The van der Waals surface area contributed by atoms with Gasteiger partial charge in [-0.25, -0.2) is 0 Å². The van der Waals surface area contributed by atoms with Gasteiger partial charge in [0, 0.05) is 12.1 Å². The molecule has 1 N–H and O–H groups in total. The van der Waals surface area contributed by atoms with Crippen LogP contribution >= 0.6 is 11.8 Å². The lowest BCUT2D eigenvalue weighted by molar-refractivity contribution is 0.371. The first-order chi connectivity index (χ1) is 8.53. The Hall–Kier alpha value is 0.0500. The van der Waals surface area contributed by atoms with Crippen molar-refractivity contribution in [3.8, 4) is 0 Å². The van der Waals surface area contributed by atoms with Gasteiger partial charge in [0.25, 0.3) is 0 Å². The largest absolute Gasteiger partial charge is 0.308 e. The molecule has 0 radical (unpaired) electrons. The van der Waals surface area contributed by atoms with E-state index in [0.29, 0.717) is 5.41 Å². The minimum atomic E-state index is 0.474. The minimum absolute atomic E-state index is 0.474. The zero-order chi connectivity index (χ0) is 13.4. The Morgan fingerprint density at radius 1 is 1.17 bits per heavy atom. The highest BCUT2D eigenvalue weighted by atomic mass is 32.2. The lowest BCUT2D eigenvalue weighted by Gasteiger charge is -2.16. The number of hydrogen-bond donors (Lipinski definition) is 1. The van der Waals surface area contributed by atoms with E-state index in [0.717, 1.165) is 12.1 Å². The minimum Gasteiger partial charge on any atom is -0.308 e. The van der Waals surface area contributed by atoms with E-state index in [1.807, 2.05) is 11.8 Å². The predicted octanol–water partition coefficient (Wildman–Crippen LogP) is 4.98. The smallest absolute Gasteiger partial charge is 0.0229 e. The van der Waals surface area contributed by atoms with Gasteiger partial charge >= 0.3 is 0 Å². The number of hydrogen-bond acceptors (Lipinski definition) is 2. The highest BCUT2D eigenvalue weighted by molar-refractivity contribution is 8.02. The maximum atomic E-state index is 3.61. The maximum absolute atomic E-state index is 3.61. The summed E-state index contributed by atoms with van der Waals surface area (Å²) >= 11 is 1.96. The quantitative estimate of drug-likeness (QED) is 0.471. The van der Waals surface area contributed by atoms with Crippen LogP contribution in [0.5, 0.6) is 0 Å². The van der Waals surface area contributed by atoms with Crippen molar-refractivity contribution < 1.29 is 0 Å². The summed E-state index contributed by atoms with van der Waals surface area (Å²) in [6.07, 6.45) is 10.3. The Balaban J connectivity index is 1.91. The first-order valence-electron chi connectivity index (χ1n) is 7.55. The summed E-state index contributed by atoms with van der Waals surface area (Å²) in [5.74, 6) is 1.28. The molecule has 0 spiro atoms. The molecule has 1 saturated heterocycles. The normalized spacial score (nSPS) is 23.8. The molecular formula is C16H31NS. The second kappa shape index (κ2) is 8.27. The van der Waals surface area contributed by atoms with E-state index >= 15 is 0 Å². The average Bonchev–Trinajstić information content (AvgIpc) is 2.98. The molecule has 1 heterocycles. The number of unbranched alkanes of at least 4 members (excludes halogenated alkanes) is 2. The molecule has 106 valence electrons. The van der Waals surface area contributed by atoms with Gasteiger partial charge in [-0.2, -0.15) is 0 Å². The van der Waals surface area contributed by atoms with Crippen LogP contribution in [0, 0.1) is 5.41 Å². The fourth-order valence-electron chi connectivity index (χ4n) is 2.25. The predicted molar refractivity (Wildman–Crippen MR) is 85.1 cm³/mol. The lowest BCUT2D eigenvalue weighted by atomic mass is 9.89. The molecule has 0 bridgehead atoms. The molecule has 0 saturated carbocycles. The molecule has 0 aliphatic carbocycles. The average molecular weight is 269 g/mol. The third kappa shape index (κ3) is 8.20. The van der Waals surface area contributed by atoms with E-state index in [9.17, 15) is 0 Å². The number of allylic oxidation sites excluding steroid dienone is 1. The van der Waals surface area contributed by atoms with E-state index < -0.39 is 0 Å². The number of thioether (sulfide) groups is 1.